The van der Waals surface area contributed by atoms with E-state index in [1.807, 2.05) is 0 Å². The predicted molar refractivity (Wildman–Crippen MR) is 76.6 cm³/mol. The van der Waals surface area contributed by atoms with E-state index in [1.165, 1.54) is 0 Å². The molecule has 2 amide bonds. The van der Waals surface area contributed by atoms with Crippen molar-refractivity contribution in [2.24, 2.45) is 0 Å². The smallest absolute Gasteiger partial charge is 0.251 e. The fourth-order valence-corrected chi connectivity index (χ4v) is 2.37. The first-order valence-corrected chi connectivity index (χ1v) is 7.17. The number of hydrogen-bond donors (Lipinski definition) is 3. The largest absolute Gasteiger partial charge is 0.349 e. The van der Waals surface area contributed by atoms with Crippen LogP contribution in [0.3, 0.4) is 0 Å². The zero-order valence-corrected chi connectivity index (χ0v) is 11.3. The minimum atomic E-state index is -0.112. The number of anilines is 1. The topological polar surface area (TPSA) is 70.2 Å². The van der Waals surface area contributed by atoms with E-state index in [9.17, 15) is 9.59 Å². The number of carbonyl (C=O) groups is 2. The van der Waals surface area contributed by atoms with Crippen molar-refractivity contribution in [3.05, 3.63) is 29.8 Å². The Bertz CT molecular complexity index is 520. The molecular weight excluding hydrogens is 254 g/mol. The molecule has 0 radical (unpaired) electrons. The van der Waals surface area contributed by atoms with Crippen molar-refractivity contribution in [1.82, 2.24) is 10.6 Å². The van der Waals surface area contributed by atoms with Gasteiger partial charge in [0.1, 0.15) is 0 Å². The van der Waals surface area contributed by atoms with Crippen LogP contribution in [-0.4, -0.2) is 30.4 Å². The maximum Gasteiger partial charge on any atom is 0.251 e. The molecule has 2 fully saturated rings. The van der Waals surface area contributed by atoms with Gasteiger partial charge < -0.3 is 16.0 Å². The summed E-state index contributed by atoms with van der Waals surface area (Å²) in [5, 5.41) is 8.97. The minimum Gasteiger partial charge on any atom is -0.349 e. The molecule has 1 aromatic carbocycles. The third-order valence-corrected chi connectivity index (χ3v) is 3.68. The Hall–Kier alpha value is -1.88. The van der Waals surface area contributed by atoms with E-state index in [1.54, 1.807) is 24.3 Å². The molecule has 2 aliphatic rings. The Balaban J connectivity index is 1.63. The average Bonchev–Trinajstić information content (AvgIpc) is 3.08. The standard InChI is InChI=1S/C15H19N3O2/c19-14(17-11-6-7-11)10-3-1-4-12(9-10)18-15(20)13-5-2-8-16-13/h1,3-4,9,11,13,16H,2,5-8H2,(H,17,19)(H,18,20)/t13-/m1/s1. The zero-order valence-electron chi connectivity index (χ0n) is 11.3. The lowest BCUT2D eigenvalue weighted by Gasteiger charge is -2.12. The second-order valence-corrected chi connectivity index (χ2v) is 5.47. The van der Waals surface area contributed by atoms with Crippen molar-refractivity contribution in [2.75, 3.05) is 11.9 Å². The van der Waals surface area contributed by atoms with Gasteiger partial charge in [-0.25, -0.2) is 0 Å². The van der Waals surface area contributed by atoms with E-state index in [4.69, 9.17) is 0 Å². The summed E-state index contributed by atoms with van der Waals surface area (Å²) < 4.78 is 0. The minimum absolute atomic E-state index is 0.0257. The Kier molecular flexibility index (Phi) is 3.69. The molecule has 106 valence electrons. The second-order valence-electron chi connectivity index (χ2n) is 5.47. The highest BCUT2D eigenvalue weighted by Gasteiger charge is 2.24. The summed E-state index contributed by atoms with van der Waals surface area (Å²) in [6.07, 6.45) is 4.03. The van der Waals surface area contributed by atoms with Crippen LogP contribution in [0.4, 0.5) is 5.69 Å². The van der Waals surface area contributed by atoms with Gasteiger partial charge >= 0.3 is 0 Å². The summed E-state index contributed by atoms with van der Waals surface area (Å²) in [6, 6.07) is 7.31. The normalized spacial score (nSPS) is 21.5. The van der Waals surface area contributed by atoms with E-state index < -0.39 is 0 Å². The highest BCUT2D eigenvalue weighted by atomic mass is 16.2. The van der Waals surface area contributed by atoms with Crippen LogP contribution in [0.5, 0.6) is 0 Å². The molecule has 0 spiro atoms. The summed E-state index contributed by atoms with van der Waals surface area (Å²) in [7, 11) is 0. The zero-order chi connectivity index (χ0) is 13.9. The van der Waals surface area contributed by atoms with Crippen molar-refractivity contribution in [3.8, 4) is 0 Å². The Morgan fingerprint density at radius 3 is 2.75 bits per heavy atom. The number of carbonyl (C=O) groups excluding carboxylic acids is 2. The molecule has 3 N–H and O–H groups in total. The number of amides is 2. The fraction of sp³-hybridized carbons (Fsp3) is 0.467. The van der Waals surface area contributed by atoms with Crippen LogP contribution in [0.2, 0.25) is 0 Å². The third-order valence-electron chi connectivity index (χ3n) is 3.68. The molecule has 20 heavy (non-hydrogen) atoms. The third kappa shape index (κ3) is 3.17. The highest BCUT2D eigenvalue weighted by molar-refractivity contribution is 5.98. The van der Waals surface area contributed by atoms with E-state index in [0.717, 1.165) is 32.2 Å². The molecular formula is C15H19N3O2. The van der Waals surface area contributed by atoms with Gasteiger partial charge in [-0.05, 0) is 50.4 Å². The summed E-state index contributed by atoms with van der Waals surface area (Å²) in [5.41, 5.74) is 1.27. The first-order valence-electron chi connectivity index (χ1n) is 7.17. The molecule has 1 saturated heterocycles. The van der Waals surface area contributed by atoms with Crippen LogP contribution >= 0.6 is 0 Å². The van der Waals surface area contributed by atoms with Gasteiger partial charge in [0.25, 0.3) is 5.91 Å². The van der Waals surface area contributed by atoms with Crippen LogP contribution in [0.25, 0.3) is 0 Å². The number of nitrogens with one attached hydrogen (secondary N) is 3. The first-order chi connectivity index (χ1) is 9.72. The number of benzene rings is 1. The maximum atomic E-state index is 12.0. The molecule has 0 aromatic heterocycles. The molecule has 0 unspecified atom stereocenters. The van der Waals surface area contributed by atoms with E-state index in [-0.39, 0.29) is 17.9 Å². The van der Waals surface area contributed by atoms with Gasteiger partial charge in [0.15, 0.2) is 0 Å². The van der Waals surface area contributed by atoms with Crippen molar-refractivity contribution in [1.29, 1.82) is 0 Å². The van der Waals surface area contributed by atoms with Crippen LogP contribution in [0.15, 0.2) is 24.3 Å². The van der Waals surface area contributed by atoms with Gasteiger partial charge in [-0.15, -0.1) is 0 Å². The Morgan fingerprint density at radius 2 is 2.05 bits per heavy atom. The molecule has 5 nitrogen and oxygen atoms in total. The molecule has 1 atom stereocenters. The average molecular weight is 273 g/mol. The van der Waals surface area contributed by atoms with Crippen LogP contribution in [-0.2, 0) is 4.79 Å². The van der Waals surface area contributed by atoms with Gasteiger partial charge in [0, 0.05) is 17.3 Å². The SMILES string of the molecule is O=C(NC1CC1)c1cccc(NC(=O)[C@H]2CCCN2)c1. The lowest BCUT2D eigenvalue weighted by Crippen LogP contribution is -2.35. The molecule has 3 rings (SSSR count). The summed E-state index contributed by atoms with van der Waals surface area (Å²) in [5.74, 6) is -0.0927. The fourth-order valence-electron chi connectivity index (χ4n) is 2.37. The molecule has 1 saturated carbocycles. The van der Waals surface area contributed by atoms with E-state index in [2.05, 4.69) is 16.0 Å². The summed E-state index contributed by atoms with van der Waals surface area (Å²) in [6.45, 7) is 0.891. The quantitative estimate of drug-likeness (QED) is 0.773. The van der Waals surface area contributed by atoms with Gasteiger partial charge in [-0.3, -0.25) is 9.59 Å². The van der Waals surface area contributed by atoms with Crippen LogP contribution < -0.4 is 16.0 Å². The van der Waals surface area contributed by atoms with E-state index >= 15 is 0 Å². The van der Waals surface area contributed by atoms with Crippen molar-refractivity contribution < 1.29 is 9.59 Å². The van der Waals surface area contributed by atoms with E-state index in [0.29, 0.717) is 17.3 Å². The molecule has 5 heteroatoms. The molecule has 1 aliphatic carbocycles. The van der Waals surface area contributed by atoms with Crippen LogP contribution in [0, 0.1) is 0 Å². The number of rotatable bonds is 4. The lowest BCUT2D eigenvalue weighted by molar-refractivity contribution is -0.117. The van der Waals surface area contributed by atoms with Crippen molar-refractivity contribution in [2.45, 2.75) is 37.8 Å². The van der Waals surface area contributed by atoms with Gasteiger partial charge in [0.05, 0.1) is 6.04 Å². The molecule has 1 heterocycles. The summed E-state index contributed by atoms with van der Waals surface area (Å²) >= 11 is 0. The van der Waals surface area contributed by atoms with Crippen LogP contribution in [0.1, 0.15) is 36.0 Å². The molecule has 0 bridgehead atoms. The van der Waals surface area contributed by atoms with Crippen molar-refractivity contribution in [3.63, 3.8) is 0 Å². The monoisotopic (exact) mass is 273 g/mol. The molecule has 1 aromatic rings. The second kappa shape index (κ2) is 5.63. The van der Waals surface area contributed by atoms with Crippen molar-refractivity contribution >= 4 is 17.5 Å². The van der Waals surface area contributed by atoms with Gasteiger partial charge in [0.2, 0.25) is 5.91 Å². The number of hydrogen-bond acceptors (Lipinski definition) is 3. The lowest BCUT2D eigenvalue weighted by atomic mass is 10.1. The van der Waals surface area contributed by atoms with Gasteiger partial charge in [-0.1, -0.05) is 6.07 Å². The Morgan fingerprint density at radius 1 is 1.20 bits per heavy atom. The molecule has 1 aliphatic heterocycles. The van der Waals surface area contributed by atoms with Gasteiger partial charge in [-0.2, -0.15) is 0 Å². The highest BCUT2D eigenvalue weighted by Crippen LogP contribution is 2.20. The maximum absolute atomic E-state index is 12.0. The Labute approximate surface area is 118 Å². The summed E-state index contributed by atoms with van der Waals surface area (Å²) in [4.78, 5) is 24.0. The predicted octanol–water partition coefficient (Wildman–Crippen LogP) is 1.27. The first kappa shape index (κ1) is 13.1.